The third kappa shape index (κ3) is 1.75. The molecule has 2 aliphatic rings. The van der Waals surface area contributed by atoms with Gasteiger partial charge in [0, 0.05) is 12.1 Å². The molecule has 2 nitrogen and oxygen atoms in total. The summed E-state index contributed by atoms with van der Waals surface area (Å²) >= 11 is 0. The Morgan fingerprint density at radius 3 is 2.08 bits per heavy atom. The molecule has 2 bridgehead atoms. The van der Waals surface area contributed by atoms with Gasteiger partial charge >= 0.3 is 0 Å². The van der Waals surface area contributed by atoms with E-state index in [2.05, 4.69) is 25.8 Å². The lowest BCUT2D eigenvalue weighted by atomic mass is 9.70. The van der Waals surface area contributed by atoms with Crippen molar-refractivity contribution in [1.29, 1.82) is 0 Å². The first-order valence-electron chi connectivity index (χ1n) is 5.38. The monoisotopic (exact) mass is 183 g/mol. The van der Waals surface area contributed by atoms with Gasteiger partial charge < -0.3 is 10.0 Å². The highest BCUT2D eigenvalue weighted by molar-refractivity contribution is 4.96. The summed E-state index contributed by atoms with van der Waals surface area (Å²) in [6.45, 7) is 4.72. The lowest BCUT2D eigenvalue weighted by molar-refractivity contribution is -0.0489. The van der Waals surface area contributed by atoms with Gasteiger partial charge in [0.25, 0.3) is 0 Å². The molecule has 76 valence electrons. The van der Waals surface area contributed by atoms with E-state index in [-0.39, 0.29) is 6.10 Å². The van der Waals surface area contributed by atoms with Crippen LogP contribution in [0.3, 0.4) is 0 Å². The molecule has 2 aliphatic heterocycles. The Hall–Kier alpha value is -0.0800. The molecule has 2 fully saturated rings. The van der Waals surface area contributed by atoms with Crippen LogP contribution in [0.25, 0.3) is 0 Å². The van der Waals surface area contributed by atoms with Gasteiger partial charge in [0.1, 0.15) is 0 Å². The Kier molecular flexibility index (Phi) is 2.16. The van der Waals surface area contributed by atoms with Gasteiger partial charge in [0.2, 0.25) is 0 Å². The van der Waals surface area contributed by atoms with E-state index in [9.17, 15) is 5.11 Å². The van der Waals surface area contributed by atoms with Crippen molar-refractivity contribution in [3.63, 3.8) is 0 Å². The summed E-state index contributed by atoms with van der Waals surface area (Å²) in [5.41, 5.74) is 0.488. The maximum absolute atomic E-state index is 9.68. The first-order chi connectivity index (χ1) is 5.98. The normalized spacial score (nSPS) is 44.8. The number of fused-ring (bicyclic) bond motifs is 2. The van der Waals surface area contributed by atoms with Gasteiger partial charge in [-0.25, -0.2) is 0 Å². The van der Waals surface area contributed by atoms with Gasteiger partial charge in [0.05, 0.1) is 6.10 Å². The molecular weight excluding hydrogens is 162 g/mol. The van der Waals surface area contributed by atoms with E-state index in [1.54, 1.807) is 0 Å². The molecule has 13 heavy (non-hydrogen) atoms. The van der Waals surface area contributed by atoms with Gasteiger partial charge in [-0.3, -0.25) is 0 Å². The summed E-state index contributed by atoms with van der Waals surface area (Å²) in [5.74, 6) is 0. The molecule has 0 amide bonds. The molecule has 2 rings (SSSR count). The van der Waals surface area contributed by atoms with E-state index < -0.39 is 0 Å². The van der Waals surface area contributed by atoms with Crippen molar-refractivity contribution in [2.45, 2.75) is 57.7 Å². The number of hydrogen-bond acceptors (Lipinski definition) is 2. The van der Waals surface area contributed by atoms with Crippen LogP contribution in [0, 0.1) is 5.41 Å². The van der Waals surface area contributed by atoms with E-state index in [1.165, 1.54) is 12.8 Å². The van der Waals surface area contributed by atoms with Crippen LogP contribution in [0.15, 0.2) is 0 Å². The summed E-state index contributed by atoms with van der Waals surface area (Å²) in [6.07, 6.45) is 4.42. The van der Waals surface area contributed by atoms with Gasteiger partial charge in [-0.2, -0.15) is 0 Å². The summed E-state index contributed by atoms with van der Waals surface area (Å²) in [5, 5.41) is 9.68. The molecule has 1 N–H and O–H groups in total. The van der Waals surface area contributed by atoms with Crippen LogP contribution >= 0.6 is 0 Å². The summed E-state index contributed by atoms with van der Waals surface area (Å²) < 4.78 is 0. The minimum atomic E-state index is -0.0395. The number of nitrogens with zero attached hydrogens (tertiary/aromatic N) is 1. The van der Waals surface area contributed by atoms with Crippen molar-refractivity contribution >= 4 is 0 Å². The van der Waals surface area contributed by atoms with Crippen molar-refractivity contribution in [2.24, 2.45) is 5.41 Å². The second-order valence-corrected chi connectivity index (χ2v) is 5.67. The number of aliphatic hydroxyl groups excluding tert-OH is 1. The molecule has 0 aliphatic carbocycles. The Morgan fingerprint density at radius 1 is 1.15 bits per heavy atom. The maximum Gasteiger partial charge on any atom is 0.0570 e. The molecule has 0 saturated carbocycles. The van der Waals surface area contributed by atoms with Gasteiger partial charge in [0.15, 0.2) is 0 Å². The predicted molar refractivity (Wildman–Crippen MR) is 53.6 cm³/mol. The van der Waals surface area contributed by atoms with Crippen LogP contribution in [0.1, 0.15) is 39.5 Å². The molecule has 0 aromatic rings. The summed E-state index contributed by atoms with van der Waals surface area (Å²) in [6, 6.07) is 1.25. The molecule has 2 atom stereocenters. The van der Waals surface area contributed by atoms with E-state index in [0.717, 1.165) is 12.8 Å². The standard InChI is InChI=1S/C11H21NO/c1-11(2)6-8-4-10(13)5-9(7-11)12(8)3/h8-10,13H,4-7H2,1-3H3. The van der Waals surface area contributed by atoms with Gasteiger partial charge in [-0.15, -0.1) is 0 Å². The molecule has 0 radical (unpaired) electrons. The third-order valence-corrected chi connectivity index (χ3v) is 3.82. The van der Waals surface area contributed by atoms with E-state index in [0.29, 0.717) is 17.5 Å². The van der Waals surface area contributed by atoms with E-state index >= 15 is 0 Å². The lowest BCUT2D eigenvalue weighted by Gasteiger charge is -2.51. The van der Waals surface area contributed by atoms with E-state index in [1.807, 2.05) is 0 Å². The Bertz CT molecular complexity index is 184. The minimum absolute atomic E-state index is 0.0395. The first kappa shape index (κ1) is 9.47. The van der Waals surface area contributed by atoms with Gasteiger partial charge in [-0.1, -0.05) is 13.8 Å². The van der Waals surface area contributed by atoms with Crippen molar-refractivity contribution < 1.29 is 5.11 Å². The minimum Gasteiger partial charge on any atom is -0.393 e. The number of rotatable bonds is 0. The highest BCUT2D eigenvalue weighted by atomic mass is 16.3. The average molecular weight is 183 g/mol. The first-order valence-corrected chi connectivity index (χ1v) is 5.38. The van der Waals surface area contributed by atoms with Crippen LogP contribution in [-0.4, -0.2) is 35.2 Å². The smallest absolute Gasteiger partial charge is 0.0570 e. The molecule has 0 aromatic heterocycles. The fraction of sp³-hybridized carbons (Fsp3) is 1.00. The quantitative estimate of drug-likeness (QED) is 0.617. The third-order valence-electron chi connectivity index (χ3n) is 3.82. The molecular formula is C11H21NO. The Labute approximate surface area is 80.9 Å². The molecule has 2 unspecified atom stereocenters. The van der Waals surface area contributed by atoms with Crippen molar-refractivity contribution in [3.05, 3.63) is 0 Å². The van der Waals surface area contributed by atoms with Crippen molar-refractivity contribution in [1.82, 2.24) is 4.90 Å². The van der Waals surface area contributed by atoms with Crippen molar-refractivity contribution in [3.8, 4) is 0 Å². The highest BCUT2D eigenvalue weighted by Gasteiger charge is 2.42. The van der Waals surface area contributed by atoms with Crippen LogP contribution in [-0.2, 0) is 0 Å². The summed E-state index contributed by atoms with van der Waals surface area (Å²) in [7, 11) is 2.22. The van der Waals surface area contributed by atoms with Crippen LogP contribution in [0.2, 0.25) is 0 Å². The van der Waals surface area contributed by atoms with Crippen molar-refractivity contribution in [2.75, 3.05) is 7.05 Å². The lowest BCUT2D eigenvalue weighted by Crippen LogP contribution is -2.55. The fourth-order valence-corrected chi connectivity index (χ4v) is 3.17. The molecule has 2 heteroatoms. The van der Waals surface area contributed by atoms with E-state index in [4.69, 9.17) is 0 Å². The SMILES string of the molecule is CN1C2CC(O)CC1CC(C)(C)C2. The second kappa shape index (κ2) is 2.96. The van der Waals surface area contributed by atoms with Gasteiger partial charge in [-0.05, 0) is 38.1 Å². The fourth-order valence-electron chi connectivity index (χ4n) is 3.17. The molecule has 0 aromatic carbocycles. The predicted octanol–water partition coefficient (Wildman–Crippen LogP) is 1.63. The topological polar surface area (TPSA) is 23.5 Å². The number of hydrogen-bond donors (Lipinski definition) is 1. The zero-order valence-corrected chi connectivity index (χ0v) is 8.95. The maximum atomic E-state index is 9.68. The average Bonchev–Trinajstić information content (AvgIpc) is 1.94. The Balaban J connectivity index is 2.13. The number of aliphatic hydroxyl groups is 1. The van der Waals surface area contributed by atoms with Crippen LogP contribution in [0.4, 0.5) is 0 Å². The largest absolute Gasteiger partial charge is 0.393 e. The second-order valence-electron chi connectivity index (χ2n) is 5.67. The summed E-state index contributed by atoms with van der Waals surface area (Å²) in [4.78, 5) is 2.48. The zero-order chi connectivity index (χ0) is 9.64. The molecule has 2 heterocycles. The van der Waals surface area contributed by atoms with Crippen LogP contribution < -0.4 is 0 Å². The zero-order valence-electron chi connectivity index (χ0n) is 8.95. The molecule has 0 spiro atoms. The highest BCUT2D eigenvalue weighted by Crippen LogP contribution is 2.42. The molecule has 2 saturated heterocycles. The van der Waals surface area contributed by atoms with Crippen LogP contribution in [0.5, 0.6) is 0 Å². The Morgan fingerprint density at radius 2 is 1.62 bits per heavy atom. The number of piperidine rings is 2.